The van der Waals surface area contributed by atoms with Crippen LogP contribution in [0.15, 0.2) is 22.4 Å². The molecule has 2 rings (SSSR count). The number of nitrogens with one attached hydrogen (secondary N) is 1. The number of rotatable bonds is 5. The first-order chi connectivity index (χ1) is 9.56. The SMILES string of the molecule is C=CCOC1C[C@H](N2C=C(I)C(=O)NC2O)OC1CO. The van der Waals surface area contributed by atoms with Gasteiger partial charge in [-0.25, -0.2) is 0 Å². The molecule has 8 heteroatoms. The van der Waals surface area contributed by atoms with E-state index in [1.165, 1.54) is 4.90 Å². The molecule has 0 radical (unpaired) electrons. The molecule has 7 nitrogen and oxygen atoms in total. The van der Waals surface area contributed by atoms with E-state index in [0.717, 1.165) is 0 Å². The molecule has 112 valence electrons. The van der Waals surface area contributed by atoms with Crippen LogP contribution in [0.2, 0.25) is 0 Å². The Labute approximate surface area is 130 Å². The summed E-state index contributed by atoms with van der Waals surface area (Å²) in [5.74, 6) is -0.328. The molecule has 4 atom stereocenters. The summed E-state index contributed by atoms with van der Waals surface area (Å²) in [5, 5.41) is 21.6. The summed E-state index contributed by atoms with van der Waals surface area (Å²) in [7, 11) is 0. The number of ether oxygens (including phenoxy) is 2. The number of amides is 1. The Morgan fingerprint density at radius 2 is 2.45 bits per heavy atom. The van der Waals surface area contributed by atoms with Gasteiger partial charge in [-0.3, -0.25) is 4.79 Å². The van der Waals surface area contributed by atoms with E-state index < -0.39 is 18.7 Å². The second-order valence-electron chi connectivity index (χ2n) is 4.48. The van der Waals surface area contributed by atoms with Crippen molar-refractivity contribution in [2.24, 2.45) is 0 Å². The number of aliphatic hydroxyl groups excluding tert-OH is 2. The molecule has 1 saturated heterocycles. The summed E-state index contributed by atoms with van der Waals surface area (Å²) in [6, 6.07) is 0. The molecule has 0 saturated carbocycles. The van der Waals surface area contributed by atoms with Gasteiger partial charge in [-0.2, -0.15) is 0 Å². The fraction of sp³-hybridized carbons (Fsp3) is 0.583. The molecule has 0 spiro atoms. The van der Waals surface area contributed by atoms with Crippen molar-refractivity contribution in [3.05, 3.63) is 22.4 Å². The van der Waals surface area contributed by atoms with Crippen molar-refractivity contribution >= 4 is 28.5 Å². The highest BCUT2D eigenvalue weighted by molar-refractivity contribution is 14.1. The van der Waals surface area contributed by atoms with Gasteiger partial charge in [0.05, 0.1) is 22.9 Å². The molecule has 3 unspecified atom stereocenters. The fourth-order valence-electron chi connectivity index (χ4n) is 2.18. The van der Waals surface area contributed by atoms with Gasteiger partial charge in [0.25, 0.3) is 5.91 Å². The van der Waals surface area contributed by atoms with E-state index >= 15 is 0 Å². The van der Waals surface area contributed by atoms with Crippen LogP contribution >= 0.6 is 22.6 Å². The molecule has 2 aliphatic rings. The zero-order valence-electron chi connectivity index (χ0n) is 10.7. The van der Waals surface area contributed by atoms with Crippen LogP contribution < -0.4 is 5.32 Å². The van der Waals surface area contributed by atoms with Gasteiger partial charge in [-0.15, -0.1) is 6.58 Å². The maximum atomic E-state index is 11.4. The molecule has 1 amide bonds. The van der Waals surface area contributed by atoms with Gasteiger partial charge in [0.2, 0.25) is 6.35 Å². The Morgan fingerprint density at radius 3 is 3.10 bits per heavy atom. The highest BCUT2D eigenvalue weighted by Crippen LogP contribution is 2.29. The first-order valence-corrected chi connectivity index (χ1v) is 7.27. The van der Waals surface area contributed by atoms with Gasteiger partial charge in [-0.05, 0) is 22.6 Å². The Hall–Kier alpha value is -0.680. The van der Waals surface area contributed by atoms with Crippen molar-refractivity contribution in [1.82, 2.24) is 10.2 Å². The van der Waals surface area contributed by atoms with Crippen LogP contribution in [0.25, 0.3) is 0 Å². The normalized spacial score (nSPS) is 33.9. The highest BCUT2D eigenvalue weighted by Gasteiger charge is 2.41. The van der Waals surface area contributed by atoms with Crippen molar-refractivity contribution in [1.29, 1.82) is 0 Å². The van der Waals surface area contributed by atoms with Gasteiger partial charge in [-0.1, -0.05) is 6.08 Å². The molecule has 0 aromatic rings. The van der Waals surface area contributed by atoms with Crippen molar-refractivity contribution in [3.8, 4) is 0 Å². The number of hydrogen-bond donors (Lipinski definition) is 3. The van der Waals surface area contributed by atoms with Gasteiger partial charge in [0.15, 0.2) is 0 Å². The first kappa shape index (κ1) is 15.7. The van der Waals surface area contributed by atoms with E-state index in [4.69, 9.17) is 9.47 Å². The number of aliphatic hydroxyl groups is 2. The summed E-state index contributed by atoms with van der Waals surface area (Å²) in [6.07, 6.45) is 1.28. The first-order valence-electron chi connectivity index (χ1n) is 6.19. The number of hydrogen-bond acceptors (Lipinski definition) is 6. The molecule has 0 aromatic heterocycles. The van der Waals surface area contributed by atoms with Gasteiger partial charge < -0.3 is 29.9 Å². The summed E-state index contributed by atoms with van der Waals surface area (Å²) in [4.78, 5) is 12.9. The van der Waals surface area contributed by atoms with E-state index in [1.807, 2.05) is 22.6 Å². The van der Waals surface area contributed by atoms with Crippen LogP contribution in [0, 0.1) is 0 Å². The third kappa shape index (κ3) is 3.31. The molecule has 3 N–H and O–H groups in total. The van der Waals surface area contributed by atoms with E-state index in [2.05, 4.69) is 11.9 Å². The number of nitrogens with zero attached hydrogens (tertiary/aromatic N) is 1. The second-order valence-corrected chi connectivity index (χ2v) is 5.64. The lowest BCUT2D eigenvalue weighted by Crippen LogP contribution is -2.53. The molecular formula is C12H17IN2O5. The smallest absolute Gasteiger partial charge is 0.262 e. The Kier molecular flexibility index (Phi) is 5.38. The second kappa shape index (κ2) is 6.85. The molecule has 1 fully saturated rings. The summed E-state index contributed by atoms with van der Waals surface area (Å²) >= 11 is 1.88. The van der Waals surface area contributed by atoms with Crippen molar-refractivity contribution in [3.63, 3.8) is 0 Å². The number of halogens is 1. The van der Waals surface area contributed by atoms with Crippen molar-refractivity contribution in [2.75, 3.05) is 13.2 Å². The number of carbonyl (C=O) groups excluding carboxylic acids is 1. The van der Waals surface area contributed by atoms with Crippen molar-refractivity contribution < 1.29 is 24.5 Å². The molecule has 0 bridgehead atoms. The zero-order valence-corrected chi connectivity index (χ0v) is 12.9. The lowest BCUT2D eigenvalue weighted by Gasteiger charge is -2.34. The Bertz CT molecular complexity index is 417. The molecule has 0 aliphatic carbocycles. The van der Waals surface area contributed by atoms with Gasteiger partial charge in [0, 0.05) is 12.6 Å². The minimum Gasteiger partial charge on any atom is -0.394 e. The average Bonchev–Trinajstić information content (AvgIpc) is 2.83. The predicted molar refractivity (Wildman–Crippen MR) is 78.4 cm³/mol. The molecular weight excluding hydrogens is 379 g/mol. The third-order valence-corrected chi connectivity index (χ3v) is 3.91. The molecule has 2 aliphatic heterocycles. The Balaban J connectivity index is 2.06. The number of carbonyl (C=O) groups is 1. The van der Waals surface area contributed by atoms with Crippen molar-refractivity contribution in [2.45, 2.75) is 31.2 Å². The monoisotopic (exact) mass is 396 g/mol. The van der Waals surface area contributed by atoms with E-state index in [9.17, 15) is 15.0 Å². The Morgan fingerprint density at radius 1 is 1.70 bits per heavy atom. The minimum atomic E-state index is -1.15. The molecule has 20 heavy (non-hydrogen) atoms. The zero-order chi connectivity index (χ0) is 14.7. The van der Waals surface area contributed by atoms with Gasteiger partial charge >= 0.3 is 0 Å². The van der Waals surface area contributed by atoms with E-state index in [0.29, 0.717) is 16.6 Å². The summed E-state index contributed by atoms with van der Waals surface area (Å²) < 4.78 is 11.7. The fourth-order valence-corrected chi connectivity index (χ4v) is 2.65. The third-order valence-electron chi connectivity index (χ3n) is 3.14. The average molecular weight is 396 g/mol. The van der Waals surface area contributed by atoms with Crippen LogP contribution in [-0.4, -0.2) is 59.0 Å². The highest BCUT2D eigenvalue weighted by atomic mass is 127. The predicted octanol–water partition coefficient (Wildman–Crippen LogP) is -0.351. The van der Waals surface area contributed by atoms with Crippen LogP contribution in [0.1, 0.15) is 6.42 Å². The van der Waals surface area contributed by atoms with E-state index in [1.54, 1.807) is 12.3 Å². The molecule has 0 aromatic carbocycles. The quantitative estimate of drug-likeness (QED) is 0.435. The van der Waals surface area contributed by atoms with Crippen LogP contribution in [0.5, 0.6) is 0 Å². The summed E-state index contributed by atoms with van der Waals surface area (Å²) in [6.45, 7) is 3.77. The standard InChI is InChI=1S/C12H17IN2O5/c1-2-3-19-8-4-10(20-9(8)6-16)15-5-7(13)11(17)14-12(15)18/h2,5,8-10,12,16,18H,1,3-4,6H2,(H,14,17)/t8?,9?,10-,12?/m1/s1. The lowest BCUT2D eigenvalue weighted by molar-refractivity contribution is -0.142. The van der Waals surface area contributed by atoms with Crippen LogP contribution in [0.3, 0.4) is 0 Å². The van der Waals surface area contributed by atoms with Gasteiger partial charge in [0.1, 0.15) is 12.3 Å². The topological polar surface area (TPSA) is 91.3 Å². The van der Waals surface area contributed by atoms with Crippen LogP contribution in [0.4, 0.5) is 0 Å². The van der Waals surface area contributed by atoms with E-state index in [-0.39, 0.29) is 18.6 Å². The largest absolute Gasteiger partial charge is 0.394 e. The maximum absolute atomic E-state index is 11.4. The summed E-state index contributed by atoms with van der Waals surface area (Å²) in [5.41, 5.74) is 0. The minimum absolute atomic E-state index is 0.171. The molecule has 2 heterocycles. The lowest BCUT2D eigenvalue weighted by atomic mass is 10.2. The maximum Gasteiger partial charge on any atom is 0.262 e. The van der Waals surface area contributed by atoms with Crippen LogP contribution in [-0.2, 0) is 14.3 Å².